The predicted molar refractivity (Wildman–Crippen MR) is 81.7 cm³/mol. The van der Waals surface area contributed by atoms with E-state index >= 15 is 0 Å². The fraction of sp³-hybridized carbons (Fsp3) is 0.882. The van der Waals surface area contributed by atoms with Gasteiger partial charge < -0.3 is 9.47 Å². The molecule has 1 saturated carbocycles. The van der Waals surface area contributed by atoms with E-state index in [0.717, 1.165) is 32.1 Å². The molecule has 0 N–H and O–H groups in total. The number of rotatable bonds is 8. The molecule has 122 valence electrons. The van der Waals surface area contributed by atoms with Gasteiger partial charge in [-0.25, -0.2) is 0 Å². The van der Waals surface area contributed by atoms with Crippen molar-refractivity contribution >= 4 is 11.9 Å². The van der Waals surface area contributed by atoms with E-state index in [0.29, 0.717) is 25.6 Å². The van der Waals surface area contributed by atoms with E-state index in [1.54, 1.807) is 13.8 Å². The number of ether oxygens (including phenoxy) is 2. The van der Waals surface area contributed by atoms with Crippen LogP contribution in [0.3, 0.4) is 0 Å². The third-order valence-corrected chi connectivity index (χ3v) is 4.45. The molecule has 0 atom stereocenters. The van der Waals surface area contributed by atoms with Crippen LogP contribution in [0.5, 0.6) is 0 Å². The molecule has 0 spiro atoms. The summed E-state index contributed by atoms with van der Waals surface area (Å²) in [5.41, 5.74) is -1.09. The second kappa shape index (κ2) is 8.40. The van der Waals surface area contributed by atoms with Crippen LogP contribution >= 0.6 is 0 Å². The zero-order chi connectivity index (χ0) is 15.9. The Hall–Kier alpha value is -1.06. The Balaban J connectivity index is 3.10. The lowest BCUT2D eigenvalue weighted by Gasteiger charge is -2.35. The highest BCUT2D eigenvalue weighted by Gasteiger charge is 2.54. The molecule has 1 aliphatic rings. The summed E-state index contributed by atoms with van der Waals surface area (Å²) in [7, 11) is 0. The van der Waals surface area contributed by atoms with Crippen molar-refractivity contribution in [3.63, 3.8) is 0 Å². The van der Waals surface area contributed by atoms with Crippen molar-refractivity contribution in [2.45, 2.75) is 66.2 Å². The third kappa shape index (κ3) is 4.21. The molecule has 1 aliphatic carbocycles. The van der Waals surface area contributed by atoms with E-state index in [4.69, 9.17) is 9.47 Å². The maximum Gasteiger partial charge on any atom is 0.323 e. The minimum atomic E-state index is -1.09. The van der Waals surface area contributed by atoms with Gasteiger partial charge in [0.1, 0.15) is 0 Å². The van der Waals surface area contributed by atoms with E-state index in [1.807, 2.05) is 0 Å². The number of carbonyl (C=O) groups excluding carboxylic acids is 2. The van der Waals surface area contributed by atoms with Crippen LogP contribution in [0.15, 0.2) is 0 Å². The summed E-state index contributed by atoms with van der Waals surface area (Å²) in [6, 6.07) is 0. The van der Waals surface area contributed by atoms with Crippen LogP contribution in [0, 0.1) is 17.3 Å². The second-order valence-corrected chi connectivity index (χ2v) is 6.33. The summed E-state index contributed by atoms with van der Waals surface area (Å²) in [5, 5.41) is 0. The minimum Gasteiger partial charge on any atom is -0.465 e. The Morgan fingerprint density at radius 2 is 1.52 bits per heavy atom. The average molecular weight is 298 g/mol. The van der Waals surface area contributed by atoms with Gasteiger partial charge in [0.15, 0.2) is 5.41 Å². The van der Waals surface area contributed by atoms with E-state index in [-0.39, 0.29) is 17.9 Å². The molecule has 21 heavy (non-hydrogen) atoms. The topological polar surface area (TPSA) is 52.6 Å². The Bertz CT molecular complexity index is 325. The number of esters is 2. The summed E-state index contributed by atoms with van der Waals surface area (Å²) in [4.78, 5) is 25.3. The molecule has 0 radical (unpaired) electrons. The maximum atomic E-state index is 12.7. The standard InChI is InChI=1S/C17H30O4/c1-5-20-15(18)17(12-11-13(3)4,16(19)21-6-2)14-9-7-8-10-14/h13-14H,5-12H2,1-4H3. The average Bonchev–Trinajstić information content (AvgIpc) is 2.94. The fourth-order valence-corrected chi connectivity index (χ4v) is 3.28. The van der Waals surface area contributed by atoms with Crippen LogP contribution < -0.4 is 0 Å². The second-order valence-electron chi connectivity index (χ2n) is 6.33. The van der Waals surface area contributed by atoms with Gasteiger partial charge in [0.2, 0.25) is 0 Å². The quantitative estimate of drug-likeness (QED) is 0.506. The van der Waals surface area contributed by atoms with Crippen molar-refractivity contribution in [3.05, 3.63) is 0 Å². The lowest BCUT2D eigenvalue weighted by molar-refractivity contribution is -0.178. The SMILES string of the molecule is CCOC(=O)C(CCC(C)C)(C(=O)OCC)C1CCCC1. The molecule has 4 heteroatoms. The Morgan fingerprint density at radius 3 is 1.90 bits per heavy atom. The predicted octanol–water partition coefficient (Wildman–Crippen LogP) is 3.73. The summed E-state index contributed by atoms with van der Waals surface area (Å²) < 4.78 is 10.6. The molecule has 4 nitrogen and oxygen atoms in total. The van der Waals surface area contributed by atoms with Crippen LogP contribution in [0.1, 0.15) is 66.2 Å². The van der Waals surface area contributed by atoms with Gasteiger partial charge in [-0.05, 0) is 51.4 Å². The van der Waals surface area contributed by atoms with Crippen LogP contribution in [-0.4, -0.2) is 25.2 Å². The van der Waals surface area contributed by atoms with E-state index in [1.165, 1.54) is 0 Å². The highest BCUT2D eigenvalue weighted by atomic mass is 16.6. The Labute approximate surface area is 128 Å². The normalized spacial score (nSPS) is 16.2. The van der Waals surface area contributed by atoms with Crippen LogP contribution in [0.4, 0.5) is 0 Å². The zero-order valence-corrected chi connectivity index (χ0v) is 13.9. The van der Waals surface area contributed by atoms with Crippen molar-refractivity contribution in [2.24, 2.45) is 17.3 Å². The largest absolute Gasteiger partial charge is 0.465 e. The van der Waals surface area contributed by atoms with Crippen molar-refractivity contribution in [3.8, 4) is 0 Å². The monoisotopic (exact) mass is 298 g/mol. The first-order valence-corrected chi connectivity index (χ1v) is 8.33. The first-order chi connectivity index (χ1) is 9.98. The summed E-state index contributed by atoms with van der Waals surface area (Å²) in [5.74, 6) is -0.254. The molecule has 0 heterocycles. The van der Waals surface area contributed by atoms with Gasteiger partial charge in [0.05, 0.1) is 13.2 Å². The molecular weight excluding hydrogens is 268 g/mol. The van der Waals surface area contributed by atoms with Crippen LogP contribution in [-0.2, 0) is 19.1 Å². The molecule has 0 aromatic rings. The summed E-state index contributed by atoms with van der Waals surface area (Å²) in [6.45, 7) is 8.38. The van der Waals surface area contributed by atoms with Gasteiger partial charge in [-0.1, -0.05) is 26.7 Å². The first kappa shape index (κ1) is 18.0. The van der Waals surface area contributed by atoms with Crippen molar-refractivity contribution in [1.29, 1.82) is 0 Å². The first-order valence-electron chi connectivity index (χ1n) is 8.33. The van der Waals surface area contributed by atoms with Gasteiger partial charge >= 0.3 is 11.9 Å². The lowest BCUT2D eigenvalue weighted by atomic mass is 9.70. The molecular formula is C17H30O4. The highest BCUT2D eigenvalue weighted by Crippen LogP contribution is 2.45. The molecule has 0 aliphatic heterocycles. The zero-order valence-electron chi connectivity index (χ0n) is 13.9. The Kier molecular flexibility index (Phi) is 7.20. The molecule has 0 aromatic heterocycles. The third-order valence-electron chi connectivity index (χ3n) is 4.45. The van der Waals surface area contributed by atoms with Gasteiger partial charge in [-0.15, -0.1) is 0 Å². The Morgan fingerprint density at radius 1 is 1.05 bits per heavy atom. The molecule has 0 unspecified atom stereocenters. The molecule has 0 aromatic carbocycles. The molecule has 0 bridgehead atoms. The molecule has 0 saturated heterocycles. The fourth-order valence-electron chi connectivity index (χ4n) is 3.28. The van der Waals surface area contributed by atoms with Crippen molar-refractivity contribution in [2.75, 3.05) is 13.2 Å². The number of hydrogen-bond donors (Lipinski definition) is 0. The number of carbonyl (C=O) groups is 2. The summed E-state index contributed by atoms with van der Waals surface area (Å²) in [6.07, 6.45) is 5.34. The van der Waals surface area contributed by atoms with Gasteiger partial charge in [-0.3, -0.25) is 9.59 Å². The van der Waals surface area contributed by atoms with Crippen LogP contribution in [0.2, 0.25) is 0 Å². The van der Waals surface area contributed by atoms with Crippen molar-refractivity contribution in [1.82, 2.24) is 0 Å². The smallest absolute Gasteiger partial charge is 0.323 e. The van der Waals surface area contributed by atoms with Gasteiger partial charge in [0, 0.05) is 0 Å². The summed E-state index contributed by atoms with van der Waals surface area (Å²) >= 11 is 0. The maximum absolute atomic E-state index is 12.7. The highest BCUT2D eigenvalue weighted by molar-refractivity contribution is 6.00. The van der Waals surface area contributed by atoms with Crippen molar-refractivity contribution < 1.29 is 19.1 Å². The van der Waals surface area contributed by atoms with Crippen LogP contribution in [0.25, 0.3) is 0 Å². The molecule has 1 fully saturated rings. The van der Waals surface area contributed by atoms with Gasteiger partial charge in [0.25, 0.3) is 0 Å². The van der Waals surface area contributed by atoms with Gasteiger partial charge in [-0.2, -0.15) is 0 Å². The molecule has 1 rings (SSSR count). The van der Waals surface area contributed by atoms with E-state index in [2.05, 4.69) is 13.8 Å². The lowest BCUT2D eigenvalue weighted by Crippen LogP contribution is -2.47. The van der Waals surface area contributed by atoms with E-state index < -0.39 is 5.41 Å². The molecule has 0 amide bonds. The van der Waals surface area contributed by atoms with E-state index in [9.17, 15) is 9.59 Å². The number of hydrogen-bond acceptors (Lipinski definition) is 4. The minimum absolute atomic E-state index is 0.0642.